The van der Waals surface area contributed by atoms with E-state index in [2.05, 4.69) is 13.8 Å². The first kappa shape index (κ1) is 11.1. The Morgan fingerprint density at radius 3 is 2.56 bits per heavy atom. The summed E-state index contributed by atoms with van der Waals surface area (Å²) in [4.78, 5) is 0. The van der Waals surface area contributed by atoms with Crippen LogP contribution in [0.5, 0.6) is 0 Å². The lowest BCUT2D eigenvalue weighted by molar-refractivity contribution is 0.0967. The maximum atomic E-state index is 6.87. The number of fused-ring (bicyclic) bond motifs is 5. The average Bonchev–Trinajstić information content (AvgIpc) is 2.89. The number of nitrogens with two attached hydrogens (primary N) is 1. The molecule has 3 aliphatic rings. The zero-order chi connectivity index (χ0) is 11.3. The lowest BCUT2D eigenvalue weighted by Crippen LogP contribution is -2.54. The third-order valence-corrected chi connectivity index (χ3v) is 6.36. The molecule has 2 bridgehead atoms. The van der Waals surface area contributed by atoms with E-state index in [4.69, 9.17) is 5.73 Å². The van der Waals surface area contributed by atoms with Crippen LogP contribution in [-0.4, -0.2) is 5.54 Å². The Hall–Kier alpha value is -0.0400. The van der Waals surface area contributed by atoms with Crippen LogP contribution < -0.4 is 5.73 Å². The van der Waals surface area contributed by atoms with Gasteiger partial charge in [-0.15, -0.1) is 0 Å². The maximum Gasteiger partial charge on any atom is 0.0216 e. The molecule has 3 aliphatic carbocycles. The first-order valence-corrected chi connectivity index (χ1v) is 7.49. The van der Waals surface area contributed by atoms with Gasteiger partial charge in [0.15, 0.2) is 0 Å². The van der Waals surface area contributed by atoms with Gasteiger partial charge in [-0.3, -0.25) is 0 Å². The molecular formula is C15H27N. The molecule has 0 saturated heterocycles. The fourth-order valence-corrected chi connectivity index (χ4v) is 5.75. The van der Waals surface area contributed by atoms with Gasteiger partial charge in [0, 0.05) is 5.54 Å². The second-order valence-electron chi connectivity index (χ2n) is 6.69. The molecule has 1 nitrogen and oxygen atoms in total. The summed E-state index contributed by atoms with van der Waals surface area (Å²) < 4.78 is 0. The molecule has 1 heteroatoms. The molecule has 2 N–H and O–H groups in total. The summed E-state index contributed by atoms with van der Waals surface area (Å²) >= 11 is 0. The minimum atomic E-state index is 0.222. The highest BCUT2D eigenvalue weighted by atomic mass is 14.9. The predicted octanol–water partition coefficient (Wildman–Crippen LogP) is 3.58. The monoisotopic (exact) mass is 221 g/mol. The highest BCUT2D eigenvalue weighted by Gasteiger charge is 2.60. The minimum Gasteiger partial charge on any atom is -0.325 e. The molecule has 0 radical (unpaired) electrons. The van der Waals surface area contributed by atoms with E-state index < -0.39 is 0 Å². The van der Waals surface area contributed by atoms with Crippen molar-refractivity contribution in [3.8, 4) is 0 Å². The molecule has 0 aromatic rings. The van der Waals surface area contributed by atoms with Gasteiger partial charge in [0.05, 0.1) is 0 Å². The summed E-state index contributed by atoms with van der Waals surface area (Å²) in [5.41, 5.74) is 7.09. The van der Waals surface area contributed by atoms with Gasteiger partial charge in [-0.2, -0.15) is 0 Å². The van der Waals surface area contributed by atoms with E-state index in [0.717, 1.165) is 29.6 Å². The van der Waals surface area contributed by atoms with Crippen molar-refractivity contribution in [2.24, 2.45) is 35.3 Å². The number of hydrogen-bond acceptors (Lipinski definition) is 1. The van der Waals surface area contributed by atoms with Gasteiger partial charge in [-0.1, -0.05) is 33.1 Å². The van der Waals surface area contributed by atoms with Crippen LogP contribution in [-0.2, 0) is 0 Å². The number of hydrogen-bond donors (Lipinski definition) is 1. The van der Waals surface area contributed by atoms with Gasteiger partial charge < -0.3 is 5.73 Å². The fourth-order valence-electron chi connectivity index (χ4n) is 5.75. The van der Waals surface area contributed by atoms with Crippen molar-refractivity contribution < 1.29 is 0 Å². The molecule has 0 spiro atoms. The Morgan fingerprint density at radius 1 is 1.19 bits per heavy atom. The summed E-state index contributed by atoms with van der Waals surface area (Å²) in [6.45, 7) is 4.67. The highest BCUT2D eigenvalue weighted by Crippen LogP contribution is 2.63. The van der Waals surface area contributed by atoms with Crippen molar-refractivity contribution in [3.63, 3.8) is 0 Å². The molecule has 0 aliphatic heterocycles. The van der Waals surface area contributed by atoms with E-state index in [1.807, 2.05) is 0 Å². The van der Waals surface area contributed by atoms with Crippen LogP contribution in [0.1, 0.15) is 58.8 Å². The van der Waals surface area contributed by atoms with Crippen LogP contribution in [0, 0.1) is 29.6 Å². The smallest absolute Gasteiger partial charge is 0.0216 e. The zero-order valence-electron chi connectivity index (χ0n) is 10.9. The van der Waals surface area contributed by atoms with Crippen LogP contribution in [0.3, 0.4) is 0 Å². The molecule has 0 amide bonds. The second kappa shape index (κ2) is 3.73. The molecular weight excluding hydrogens is 194 g/mol. The normalized spacial score (nSPS) is 50.2. The Morgan fingerprint density at radius 2 is 1.88 bits per heavy atom. The predicted molar refractivity (Wildman–Crippen MR) is 68.0 cm³/mol. The third kappa shape index (κ3) is 1.27. The van der Waals surface area contributed by atoms with Crippen LogP contribution in [0.2, 0.25) is 0 Å². The van der Waals surface area contributed by atoms with Crippen LogP contribution >= 0.6 is 0 Å². The molecule has 3 rings (SSSR count). The first-order chi connectivity index (χ1) is 7.70. The topological polar surface area (TPSA) is 26.0 Å². The van der Waals surface area contributed by atoms with Crippen molar-refractivity contribution in [2.45, 2.75) is 64.3 Å². The van der Waals surface area contributed by atoms with Crippen molar-refractivity contribution >= 4 is 0 Å². The largest absolute Gasteiger partial charge is 0.325 e. The van der Waals surface area contributed by atoms with E-state index >= 15 is 0 Å². The van der Waals surface area contributed by atoms with Crippen molar-refractivity contribution in [1.82, 2.24) is 0 Å². The molecule has 3 saturated carbocycles. The van der Waals surface area contributed by atoms with Crippen molar-refractivity contribution in [3.05, 3.63) is 0 Å². The summed E-state index contributed by atoms with van der Waals surface area (Å²) in [6.07, 6.45) is 9.89. The lowest BCUT2D eigenvalue weighted by atomic mass is 9.64. The van der Waals surface area contributed by atoms with Gasteiger partial charge in [0.1, 0.15) is 0 Å². The fraction of sp³-hybridized carbons (Fsp3) is 1.00. The highest BCUT2D eigenvalue weighted by molar-refractivity contribution is 5.14. The van der Waals surface area contributed by atoms with E-state index in [1.54, 1.807) is 0 Å². The van der Waals surface area contributed by atoms with Crippen molar-refractivity contribution in [2.75, 3.05) is 0 Å². The summed E-state index contributed by atoms with van der Waals surface area (Å²) in [7, 11) is 0. The zero-order valence-corrected chi connectivity index (χ0v) is 10.9. The van der Waals surface area contributed by atoms with E-state index in [9.17, 15) is 0 Å². The molecule has 0 heterocycles. The lowest BCUT2D eigenvalue weighted by Gasteiger charge is -2.45. The van der Waals surface area contributed by atoms with Crippen molar-refractivity contribution in [1.29, 1.82) is 0 Å². The van der Waals surface area contributed by atoms with Gasteiger partial charge >= 0.3 is 0 Å². The first-order valence-electron chi connectivity index (χ1n) is 7.49. The second-order valence-corrected chi connectivity index (χ2v) is 6.69. The van der Waals surface area contributed by atoms with Gasteiger partial charge in [0.25, 0.3) is 0 Å². The summed E-state index contributed by atoms with van der Waals surface area (Å²) in [5.74, 6) is 4.77. The molecule has 3 fully saturated rings. The van der Waals surface area contributed by atoms with Gasteiger partial charge in [-0.25, -0.2) is 0 Å². The van der Waals surface area contributed by atoms with E-state index in [-0.39, 0.29) is 5.54 Å². The van der Waals surface area contributed by atoms with E-state index in [0.29, 0.717) is 0 Å². The minimum absolute atomic E-state index is 0.222. The molecule has 5 unspecified atom stereocenters. The summed E-state index contributed by atoms with van der Waals surface area (Å²) in [6, 6.07) is 0. The molecule has 0 aromatic carbocycles. The quantitative estimate of drug-likeness (QED) is 0.774. The van der Waals surface area contributed by atoms with Crippen LogP contribution in [0.4, 0.5) is 0 Å². The Labute approximate surface area is 100 Å². The number of rotatable bonds is 3. The Balaban J connectivity index is 1.84. The molecule has 5 atom stereocenters. The Bertz CT molecular complexity index is 271. The van der Waals surface area contributed by atoms with E-state index in [1.165, 1.54) is 44.9 Å². The van der Waals surface area contributed by atoms with Gasteiger partial charge in [-0.05, 0) is 55.3 Å². The summed E-state index contributed by atoms with van der Waals surface area (Å²) in [5, 5.41) is 0. The average molecular weight is 221 g/mol. The molecule has 16 heavy (non-hydrogen) atoms. The SMILES string of the molecule is CCC(CC)C1(N)CC2CC1C1CCCC21. The van der Waals surface area contributed by atoms with Gasteiger partial charge in [0.2, 0.25) is 0 Å². The van der Waals surface area contributed by atoms with Crippen LogP contribution in [0.25, 0.3) is 0 Å². The Kier molecular flexibility index (Phi) is 2.58. The molecule has 92 valence electrons. The third-order valence-electron chi connectivity index (χ3n) is 6.36. The van der Waals surface area contributed by atoms with Crippen LogP contribution in [0.15, 0.2) is 0 Å². The molecule has 0 aromatic heterocycles. The standard InChI is InChI=1S/C15H27N/c1-3-11(4-2)15(16)9-10-8-14(15)13-7-5-6-12(10)13/h10-14H,3-9,16H2,1-2H3. The maximum absolute atomic E-state index is 6.87.